The summed E-state index contributed by atoms with van der Waals surface area (Å²) in [7, 11) is 3.54. The van der Waals surface area contributed by atoms with Gasteiger partial charge in [-0.05, 0) is 31.1 Å². The number of para-hydroxylation sites is 1. The minimum Gasteiger partial charge on any atom is -0.507 e. The maximum Gasteiger partial charge on any atom is 0.320 e. The Hall–Kier alpha value is -3.03. The van der Waals surface area contributed by atoms with E-state index in [-0.39, 0.29) is 29.7 Å². The third kappa shape index (κ3) is 3.60. The molecule has 2 bridgehead atoms. The number of carbonyl (C=O) groups is 1. The molecule has 2 aliphatic rings. The zero-order valence-corrected chi connectivity index (χ0v) is 15.8. The van der Waals surface area contributed by atoms with E-state index in [1.165, 1.54) is 0 Å². The average molecular weight is 372 g/mol. The Balaban J connectivity index is 1.85. The first-order valence-corrected chi connectivity index (χ1v) is 9.05. The maximum atomic E-state index is 12.5. The van der Waals surface area contributed by atoms with Crippen LogP contribution in [0.5, 0.6) is 5.75 Å². The van der Waals surface area contributed by atoms with Gasteiger partial charge in [0.2, 0.25) is 0 Å². The molecule has 1 aromatic rings. The van der Waals surface area contributed by atoms with Crippen molar-refractivity contribution in [2.75, 3.05) is 27.2 Å². The van der Waals surface area contributed by atoms with Crippen molar-refractivity contribution >= 4 is 11.7 Å². The van der Waals surface area contributed by atoms with Gasteiger partial charge in [0.15, 0.2) is 0 Å². The number of nitrogens with two attached hydrogens (primary N) is 3. The Morgan fingerprint density at radius 3 is 2.26 bits per heavy atom. The highest BCUT2D eigenvalue weighted by Crippen LogP contribution is 2.33. The number of benzene rings is 1. The molecule has 7 N–H and O–H groups in total. The van der Waals surface area contributed by atoms with Crippen LogP contribution in [-0.4, -0.2) is 65.1 Å². The van der Waals surface area contributed by atoms with E-state index in [0.717, 1.165) is 12.8 Å². The van der Waals surface area contributed by atoms with Crippen LogP contribution >= 0.6 is 0 Å². The van der Waals surface area contributed by atoms with Gasteiger partial charge in [-0.2, -0.15) is 0 Å². The molecule has 2 atom stereocenters. The standard InChI is InChI=1S/C19H28N6O2/c1-23(2)19(27)25-12-7-8-13(25)11-24(10-12)16(18(21)22)9-15(20)14-5-3-4-6-17(14)26/h3-6,9,12-13,26H,7-8,10-11,20-22H2,1-2H3/b15-9-. The third-order valence-electron chi connectivity index (χ3n) is 5.23. The van der Waals surface area contributed by atoms with Crippen molar-refractivity contribution < 1.29 is 9.90 Å². The second-order valence-corrected chi connectivity index (χ2v) is 7.33. The number of hydrogen-bond acceptors (Lipinski definition) is 6. The van der Waals surface area contributed by atoms with Crippen LogP contribution in [0.3, 0.4) is 0 Å². The normalized spacial score (nSPS) is 21.9. The fourth-order valence-corrected chi connectivity index (χ4v) is 3.94. The van der Waals surface area contributed by atoms with Gasteiger partial charge < -0.3 is 37.0 Å². The number of carbonyl (C=O) groups excluding carboxylic acids is 1. The minimum atomic E-state index is 0.0395. The molecular formula is C19H28N6O2. The van der Waals surface area contributed by atoms with E-state index in [2.05, 4.69) is 4.90 Å². The molecule has 0 saturated carbocycles. The first-order valence-electron chi connectivity index (χ1n) is 9.05. The second-order valence-electron chi connectivity index (χ2n) is 7.33. The number of hydrogen-bond donors (Lipinski definition) is 4. The van der Waals surface area contributed by atoms with Crippen LogP contribution in [0.25, 0.3) is 5.70 Å². The smallest absolute Gasteiger partial charge is 0.320 e. The Labute approximate surface area is 159 Å². The molecule has 2 fully saturated rings. The summed E-state index contributed by atoms with van der Waals surface area (Å²) >= 11 is 0. The fourth-order valence-electron chi connectivity index (χ4n) is 3.94. The summed E-state index contributed by atoms with van der Waals surface area (Å²) in [6.07, 6.45) is 3.61. The van der Waals surface area contributed by atoms with Gasteiger partial charge in [-0.15, -0.1) is 0 Å². The van der Waals surface area contributed by atoms with Crippen LogP contribution in [0.4, 0.5) is 4.79 Å². The average Bonchev–Trinajstić information content (AvgIpc) is 2.88. The number of nitrogens with zero attached hydrogens (tertiary/aromatic N) is 3. The van der Waals surface area contributed by atoms with E-state index in [1.54, 1.807) is 49.3 Å². The largest absolute Gasteiger partial charge is 0.507 e. The van der Waals surface area contributed by atoms with Gasteiger partial charge in [0.25, 0.3) is 0 Å². The number of rotatable bonds is 3. The van der Waals surface area contributed by atoms with Crippen LogP contribution in [0.15, 0.2) is 41.9 Å². The van der Waals surface area contributed by atoms with Crippen LogP contribution < -0.4 is 17.2 Å². The molecule has 1 aromatic carbocycles. The fraction of sp³-hybridized carbons (Fsp3) is 0.421. The number of urea groups is 1. The number of aromatic hydroxyl groups is 1. The summed E-state index contributed by atoms with van der Waals surface area (Å²) in [5.41, 5.74) is 19.6. The van der Waals surface area contributed by atoms with Crippen molar-refractivity contribution in [3.05, 3.63) is 47.4 Å². The van der Waals surface area contributed by atoms with E-state index >= 15 is 0 Å². The molecule has 8 nitrogen and oxygen atoms in total. The molecular weight excluding hydrogens is 344 g/mol. The van der Waals surface area contributed by atoms with E-state index in [9.17, 15) is 9.90 Å². The third-order valence-corrected chi connectivity index (χ3v) is 5.23. The zero-order valence-electron chi connectivity index (χ0n) is 15.8. The Kier molecular flexibility index (Phi) is 5.07. The van der Waals surface area contributed by atoms with Gasteiger partial charge in [-0.1, -0.05) is 12.1 Å². The van der Waals surface area contributed by atoms with Gasteiger partial charge in [0, 0.05) is 38.4 Å². The van der Waals surface area contributed by atoms with Gasteiger partial charge in [0.05, 0.1) is 17.8 Å². The molecule has 0 aliphatic carbocycles. The minimum absolute atomic E-state index is 0.0395. The Morgan fingerprint density at radius 2 is 1.74 bits per heavy atom. The molecule has 2 unspecified atom stereocenters. The van der Waals surface area contributed by atoms with E-state index in [0.29, 0.717) is 30.0 Å². The van der Waals surface area contributed by atoms with Gasteiger partial charge in [-0.3, -0.25) is 0 Å². The van der Waals surface area contributed by atoms with Crippen LogP contribution in [-0.2, 0) is 0 Å². The Bertz CT molecular complexity index is 770. The molecule has 0 aromatic heterocycles. The van der Waals surface area contributed by atoms with Crippen molar-refractivity contribution in [3.8, 4) is 5.75 Å². The first kappa shape index (κ1) is 18.8. The van der Waals surface area contributed by atoms with Crippen molar-refractivity contribution in [1.82, 2.24) is 14.7 Å². The van der Waals surface area contributed by atoms with Gasteiger partial charge in [0.1, 0.15) is 11.6 Å². The van der Waals surface area contributed by atoms with Crippen molar-refractivity contribution in [2.24, 2.45) is 17.2 Å². The summed E-state index contributed by atoms with van der Waals surface area (Å²) < 4.78 is 0. The summed E-state index contributed by atoms with van der Waals surface area (Å²) in [4.78, 5) is 18.2. The Morgan fingerprint density at radius 1 is 1.15 bits per heavy atom. The highest BCUT2D eigenvalue weighted by molar-refractivity contribution is 5.75. The summed E-state index contributed by atoms with van der Waals surface area (Å²) in [6, 6.07) is 7.13. The number of allylic oxidation sites excluding steroid dienone is 1. The molecule has 2 amide bonds. The summed E-state index contributed by atoms with van der Waals surface area (Å²) in [5.74, 6) is 0.266. The number of fused-ring (bicyclic) bond motifs is 2. The number of likely N-dealkylation sites (tertiary alicyclic amines) is 1. The lowest BCUT2D eigenvalue weighted by Crippen LogP contribution is -2.57. The summed E-state index contributed by atoms with van der Waals surface area (Å²) in [5, 5.41) is 10.0. The lowest BCUT2D eigenvalue weighted by Gasteiger charge is -2.43. The van der Waals surface area contributed by atoms with Crippen molar-refractivity contribution in [1.29, 1.82) is 0 Å². The first-order chi connectivity index (χ1) is 12.8. The van der Waals surface area contributed by atoms with Crippen LogP contribution in [0.1, 0.15) is 18.4 Å². The van der Waals surface area contributed by atoms with Crippen LogP contribution in [0.2, 0.25) is 0 Å². The molecule has 2 aliphatic heterocycles. The lowest BCUT2D eigenvalue weighted by molar-refractivity contribution is 0.0926. The van der Waals surface area contributed by atoms with E-state index in [1.807, 2.05) is 4.90 Å². The quantitative estimate of drug-likeness (QED) is 0.576. The van der Waals surface area contributed by atoms with E-state index in [4.69, 9.17) is 17.2 Å². The molecule has 0 radical (unpaired) electrons. The highest BCUT2D eigenvalue weighted by atomic mass is 16.3. The molecule has 3 rings (SSSR count). The molecule has 8 heteroatoms. The highest BCUT2D eigenvalue weighted by Gasteiger charge is 2.43. The lowest BCUT2D eigenvalue weighted by atomic mass is 10.1. The van der Waals surface area contributed by atoms with Crippen molar-refractivity contribution in [3.63, 3.8) is 0 Å². The number of amides is 2. The molecule has 2 heterocycles. The predicted molar refractivity (Wildman–Crippen MR) is 105 cm³/mol. The molecule has 2 saturated heterocycles. The monoisotopic (exact) mass is 372 g/mol. The van der Waals surface area contributed by atoms with Crippen LogP contribution in [0, 0.1) is 0 Å². The molecule has 27 heavy (non-hydrogen) atoms. The second kappa shape index (κ2) is 7.30. The van der Waals surface area contributed by atoms with Crippen molar-refractivity contribution in [2.45, 2.75) is 24.9 Å². The number of phenols is 1. The predicted octanol–water partition coefficient (Wildman–Crippen LogP) is 0.609. The van der Waals surface area contributed by atoms with Gasteiger partial charge >= 0.3 is 6.03 Å². The summed E-state index contributed by atoms with van der Waals surface area (Å²) in [6.45, 7) is 1.29. The zero-order chi connectivity index (χ0) is 19.7. The number of phenolic OH excluding ortho intramolecular Hbond substituents is 1. The maximum absolute atomic E-state index is 12.5. The molecule has 146 valence electrons. The number of piperazine rings is 1. The topological polar surface area (TPSA) is 125 Å². The van der Waals surface area contributed by atoms with Gasteiger partial charge in [-0.25, -0.2) is 4.79 Å². The SMILES string of the molecule is CN(C)C(=O)N1C2CCC1CN(C(/C=C(\N)c1ccccc1O)=C(N)N)C2. The molecule has 0 spiro atoms. The van der Waals surface area contributed by atoms with E-state index < -0.39 is 0 Å².